The lowest BCUT2D eigenvalue weighted by Gasteiger charge is -2.34. The summed E-state index contributed by atoms with van der Waals surface area (Å²) in [5.41, 5.74) is 5.94. The number of likely N-dealkylation sites (tertiary alicyclic amines) is 1. The van der Waals surface area contributed by atoms with E-state index in [4.69, 9.17) is 15.2 Å². The van der Waals surface area contributed by atoms with E-state index in [0.717, 1.165) is 12.8 Å². The molecule has 2 unspecified atom stereocenters. The molecule has 2 N–H and O–H groups in total. The van der Waals surface area contributed by atoms with Crippen molar-refractivity contribution in [2.75, 3.05) is 33.1 Å². The second-order valence-electron chi connectivity index (χ2n) is 6.69. The number of piperidine rings is 1. The van der Waals surface area contributed by atoms with Crippen molar-refractivity contribution in [2.24, 2.45) is 11.7 Å². The van der Waals surface area contributed by atoms with Crippen LogP contribution < -0.4 is 15.2 Å². The van der Waals surface area contributed by atoms with Gasteiger partial charge in [-0.1, -0.05) is 0 Å². The number of carbonyl (C=O) groups excluding carboxylic acids is 1. The molecular formula is C18H29ClN2O5S. The first kappa shape index (κ1) is 23.5. The topological polar surface area (TPSA) is 98.9 Å². The molecule has 1 fully saturated rings. The molecule has 1 saturated heterocycles. The highest BCUT2D eigenvalue weighted by Gasteiger charge is 2.27. The average Bonchev–Trinajstić information content (AvgIpc) is 2.65. The van der Waals surface area contributed by atoms with Gasteiger partial charge in [0.25, 0.3) is 0 Å². The number of rotatable bonds is 7. The number of ether oxygens (including phenoxy) is 2. The molecule has 1 heterocycles. The summed E-state index contributed by atoms with van der Waals surface area (Å²) in [5.74, 6) is 0.698. The zero-order chi connectivity index (χ0) is 19.3. The van der Waals surface area contributed by atoms with Gasteiger partial charge >= 0.3 is 0 Å². The van der Waals surface area contributed by atoms with Crippen molar-refractivity contribution < 1.29 is 22.7 Å². The third-order valence-corrected chi connectivity index (χ3v) is 6.57. The highest BCUT2D eigenvalue weighted by molar-refractivity contribution is 7.91. The van der Waals surface area contributed by atoms with E-state index in [-0.39, 0.29) is 47.3 Å². The third kappa shape index (κ3) is 5.99. The van der Waals surface area contributed by atoms with Crippen molar-refractivity contribution in [3.05, 3.63) is 18.2 Å². The number of nitrogens with two attached hydrogens (primary N) is 1. The van der Waals surface area contributed by atoms with Crippen LogP contribution in [0.2, 0.25) is 0 Å². The lowest BCUT2D eigenvalue weighted by Crippen LogP contribution is -2.45. The largest absolute Gasteiger partial charge is 0.493 e. The van der Waals surface area contributed by atoms with Gasteiger partial charge < -0.3 is 20.1 Å². The van der Waals surface area contributed by atoms with E-state index in [0.29, 0.717) is 24.6 Å². The normalized spacial score (nSPS) is 18.4. The molecular weight excluding hydrogens is 392 g/mol. The molecule has 1 amide bonds. The molecule has 0 aromatic heterocycles. The zero-order valence-electron chi connectivity index (χ0n) is 16.0. The Morgan fingerprint density at radius 1 is 1.30 bits per heavy atom. The minimum atomic E-state index is -3.59. The minimum Gasteiger partial charge on any atom is -0.493 e. The molecule has 0 spiro atoms. The summed E-state index contributed by atoms with van der Waals surface area (Å²) in [7, 11) is -0.657. The molecule has 0 aliphatic carbocycles. The van der Waals surface area contributed by atoms with Crippen LogP contribution >= 0.6 is 12.4 Å². The first-order valence-electron chi connectivity index (χ1n) is 8.76. The molecule has 7 nitrogen and oxygen atoms in total. The maximum atomic E-state index is 12.6. The van der Waals surface area contributed by atoms with Gasteiger partial charge in [0, 0.05) is 31.6 Å². The first-order chi connectivity index (χ1) is 12.3. The van der Waals surface area contributed by atoms with Crippen LogP contribution in [-0.4, -0.2) is 58.3 Å². The van der Waals surface area contributed by atoms with Gasteiger partial charge in [0.1, 0.15) is 0 Å². The van der Waals surface area contributed by atoms with Crippen LogP contribution in [0.5, 0.6) is 11.5 Å². The Bertz CT molecular complexity index is 739. The fraction of sp³-hybridized carbons (Fsp3) is 0.611. The number of hydrogen-bond donors (Lipinski definition) is 1. The Balaban J connectivity index is 0.00000364. The first-order valence-corrected chi connectivity index (χ1v) is 10.4. The van der Waals surface area contributed by atoms with Crippen LogP contribution in [-0.2, 0) is 14.6 Å². The summed E-state index contributed by atoms with van der Waals surface area (Å²) in [5, 5.41) is 0. The summed E-state index contributed by atoms with van der Waals surface area (Å²) in [6.07, 6.45) is 1.87. The minimum absolute atomic E-state index is 0. The van der Waals surface area contributed by atoms with Crippen LogP contribution in [0.1, 0.15) is 26.2 Å². The van der Waals surface area contributed by atoms with Crippen LogP contribution in [0.25, 0.3) is 0 Å². The van der Waals surface area contributed by atoms with Crippen molar-refractivity contribution in [1.82, 2.24) is 4.90 Å². The number of nitrogens with zero attached hydrogens (tertiary/aromatic N) is 1. The van der Waals surface area contributed by atoms with Gasteiger partial charge in [0.05, 0.1) is 24.9 Å². The van der Waals surface area contributed by atoms with Crippen LogP contribution in [0, 0.1) is 5.92 Å². The lowest BCUT2D eigenvalue weighted by atomic mass is 9.92. The second-order valence-corrected chi connectivity index (χ2v) is 8.80. The summed E-state index contributed by atoms with van der Waals surface area (Å²) in [6, 6.07) is 4.46. The highest BCUT2D eigenvalue weighted by atomic mass is 35.5. The van der Waals surface area contributed by atoms with Crippen molar-refractivity contribution in [1.29, 1.82) is 0 Å². The van der Waals surface area contributed by atoms with Crippen LogP contribution in [0.4, 0.5) is 0 Å². The quantitative estimate of drug-likeness (QED) is 0.722. The molecule has 2 atom stereocenters. The molecule has 154 valence electrons. The van der Waals surface area contributed by atoms with Crippen molar-refractivity contribution in [3.63, 3.8) is 0 Å². The van der Waals surface area contributed by atoms with Gasteiger partial charge in [-0.3, -0.25) is 4.79 Å². The Labute approximate surface area is 167 Å². The van der Waals surface area contributed by atoms with E-state index >= 15 is 0 Å². The third-order valence-electron chi connectivity index (χ3n) is 4.85. The van der Waals surface area contributed by atoms with Gasteiger partial charge in [-0.25, -0.2) is 8.42 Å². The molecule has 27 heavy (non-hydrogen) atoms. The molecule has 1 aromatic carbocycles. The smallest absolute Gasteiger partial charge is 0.223 e. The Hall–Kier alpha value is -1.51. The standard InChI is InChI=1S/C18H28N2O5S.ClH/c1-13(19)14-5-4-9-20(12-14)18(21)8-10-26(22,23)15-6-7-16(24-2)17(11-15)25-3;/h6-7,11,13-14H,4-5,8-10,12,19H2,1-3H3;1H. The number of benzene rings is 1. The van der Waals surface area contributed by atoms with E-state index in [9.17, 15) is 13.2 Å². The molecule has 0 radical (unpaired) electrons. The monoisotopic (exact) mass is 420 g/mol. The second kappa shape index (κ2) is 10.1. The number of hydrogen-bond acceptors (Lipinski definition) is 6. The zero-order valence-corrected chi connectivity index (χ0v) is 17.6. The fourth-order valence-corrected chi connectivity index (χ4v) is 4.41. The molecule has 1 aliphatic rings. The Morgan fingerprint density at radius 2 is 1.96 bits per heavy atom. The van der Waals surface area contributed by atoms with E-state index < -0.39 is 9.84 Å². The highest BCUT2D eigenvalue weighted by Crippen LogP contribution is 2.30. The number of sulfone groups is 1. The summed E-state index contributed by atoms with van der Waals surface area (Å²) in [4.78, 5) is 14.3. The molecule has 0 saturated carbocycles. The summed E-state index contributed by atoms with van der Waals surface area (Å²) in [6.45, 7) is 3.21. The molecule has 1 aromatic rings. The van der Waals surface area contributed by atoms with Crippen molar-refractivity contribution >= 4 is 28.2 Å². The van der Waals surface area contributed by atoms with Gasteiger partial charge in [-0.2, -0.15) is 0 Å². The Morgan fingerprint density at radius 3 is 2.56 bits per heavy atom. The van der Waals surface area contributed by atoms with Gasteiger partial charge in [-0.05, 0) is 37.8 Å². The average molecular weight is 421 g/mol. The van der Waals surface area contributed by atoms with E-state index in [2.05, 4.69) is 0 Å². The molecule has 2 rings (SSSR count). The predicted octanol–water partition coefficient (Wildman–Crippen LogP) is 1.88. The molecule has 1 aliphatic heterocycles. The summed E-state index contributed by atoms with van der Waals surface area (Å²) >= 11 is 0. The Kier molecular flexibility index (Phi) is 8.84. The SMILES string of the molecule is COc1ccc(S(=O)(=O)CCC(=O)N2CCCC(C(C)N)C2)cc1OC.Cl. The van der Waals surface area contributed by atoms with Crippen LogP contribution in [0.3, 0.4) is 0 Å². The predicted molar refractivity (Wildman–Crippen MR) is 106 cm³/mol. The number of halogens is 1. The summed E-state index contributed by atoms with van der Waals surface area (Å²) < 4.78 is 35.4. The maximum absolute atomic E-state index is 12.6. The lowest BCUT2D eigenvalue weighted by molar-refractivity contribution is -0.132. The van der Waals surface area contributed by atoms with Gasteiger partial charge in [-0.15, -0.1) is 12.4 Å². The maximum Gasteiger partial charge on any atom is 0.223 e. The van der Waals surface area contributed by atoms with Crippen LogP contribution in [0.15, 0.2) is 23.1 Å². The van der Waals surface area contributed by atoms with E-state index in [1.165, 1.54) is 26.4 Å². The van der Waals surface area contributed by atoms with Crippen molar-refractivity contribution in [2.45, 2.75) is 37.1 Å². The fourth-order valence-electron chi connectivity index (χ4n) is 3.17. The molecule has 9 heteroatoms. The molecule has 0 bridgehead atoms. The van der Waals surface area contributed by atoms with E-state index in [1.807, 2.05) is 6.92 Å². The number of carbonyl (C=O) groups is 1. The number of methoxy groups -OCH3 is 2. The number of amides is 1. The van der Waals surface area contributed by atoms with E-state index in [1.54, 1.807) is 11.0 Å². The van der Waals surface area contributed by atoms with Gasteiger partial charge in [0.15, 0.2) is 21.3 Å². The van der Waals surface area contributed by atoms with Crippen molar-refractivity contribution in [3.8, 4) is 11.5 Å². The van der Waals surface area contributed by atoms with Gasteiger partial charge in [0.2, 0.25) is 5.91 Å².